The van der Waals surface area contributed by atoms with E-state index in [9.17, 15) is 13.2 Å². The first kappa shape index (κ1) is 10.8. The van der Waals surface area contributed by atoms with E-state index in [1.54, 1.807) is 0 Å². The molecular formula is C7H3Br2F3O. The molecule has 72 valence electrons. The van der Waals surface area contributed by atoms with Crippen LogP contribution >= 0.6 is 31.9 Å². The van der Waals surface area contributed by atoms with Crippen LogP contribution in [0.25, 0.3) is 0 Å². The minimum absolute atomic E-state index is 0.0608. The molecule has 1 nitrogen and oxygen atoms in total. The molecule has 6 heteroatoms. The Bertz CT molecular complexity index is 317. The lowest BCUT2D eigenvalue weighted by Crippen LogP contribution is -2.02. The SMILES string of the molecule is Fc1ccc(OC(F)F)c(Br)c1Br. The van der Waals surface area contributed by atoms with Crippen molar-refractivity contribution in [2.75, 3.05) is 0 Å². The van der Waals surface area contributed by atoms with Crippen molar-refractivity contribution in [3.63, 3.8) is 0 Å². The Morgan fingerprint density at radius 2 is 1.77 bits per heavy atom. The monoisotopic (exact) mass is 318 g/mol. The van der Waals surface area contributed by atoms with Gasteiger partial charge in [0, 0.05) is 0 Å². The first-order valence-electron chi connectivity index (χ1n) is 3.10. The Labute approximate surface area is 89.1 Å². The van der Waals surface area contributed by atoms with Crippen LogP contribution in [0.2, 0.25) is 0 Å². The molecule has 0 bridgehead atoms. The zero-order valence-corrected chi connectivity index (χ0v) is 9.20. The summed E-state index contributed by atoms with van der Waals surface area (Å²) in [6.07, 6.45) is 0. The Morgan fingerprint density at radius 3 is 2.31 bits per heavy atom. The highest BCUT2D eigenvalue weighted by Gasteiger charge is 2.13. The number of hydrogen-bond acceptors (Lipinski definition) is 1. The minimum Gasteiger partial charge on any atom is -0.434 e. The van der Waals surface area contributed by atoms with Crippen molar-refractivity contribution in [1.29, 1.82) is 0 Å². The van der Waals surface area contributed by atoms with Gasteiger partial charge in [-0.2, -0.15) is 8.78 Å². The zero-order chi connectivity index (χ0) is 10.0. The van der Waals surface area contributed by atoms with Gasteiger partial charge in [0.25, 0.3) is 0 Å². The molecule has 0 spiro atoms. The summed E-state index contributed by atoms with van der Waals surface area (Å²) >= 11 is 5.79. The molecule has 0 aromatic heterocycles. The molecule has 0 saturated carbocycles. The van der Waals surface area contributed by atoms with Gasteiger partial charge in [0.2, 0.25) is 0 Å². The molecule has 0 atom stereocenters. The fourth-order valence-corrected chi connectivity index (χ4v) is 1.44. The molecule has 1 aromatic rings. The highest BCUT2D eigenvalue weighted by atomic mass is 79.9. The summed E-state index contributed by atoms with van der Waals surface area (Å²) < 4.78 is 40.6. The molecule has 0 aliphatic heterocycles. The van der Waals surface area contributed by atoms with Crippen molar-refractivity contribution in [2.24, 2.45) is 0 Å². The lowest BCUT2D eigenvalue weighted by molar-refractivity contribution is -0.0504. The Morgan fingerprint density at radius 1 is 1.15 bits per heavy atom. The third kappa shape index (κ3) is 2.60. The number of alkyl halides is 2. The summed E-state index contributed by atoms with van der Waals surface area (Å²) in [6, 6.07) is 2.16. The maximum Gasteiger partial charge on any atom is 0.387 e. The summed E-state index contributed by atoms with van der Waals surface area (Å²) in [5.74, 6) is -0.656. The van der Waals surface area contributed by atoms with Crippen molar-refractivity contribution in [1.82, 2.24) is 0 Å². The van der Waals surface area contributed by atoms with Crippen LogP contribution in [0.3, 0.4) is 0 Å². The van der Waals surface area contributed by atoms with E-state index in [4.69, 9.17) is 0 Å². The predicted octanol–water partition coefficient (Wildman–Crippen LogP) is 3.95. The van der Waals surface area contributed by atoms with Crippen LogP contribution in [0.1, 0.15) is 0 Å². The average Bonchev–Trinajstić information content (AvgIpc) is 2.06. The van der Waals surface area contributed by atoms with E-state index in [1.807, 2.05) is 0 Å². The first-order chi connectivity index (χ1) is 6.02. The van der Waals surface area contributed by atoms with Crippen molar-refractivity contribution in [3.8, 4) is 5.75 Å². The molecule has 0 aliphatic rings. The van der Waals surface area contributed by atoms with Gasteiger partial charge in [-0.25, -0.2) is 4.39 Å². The molecule has 0 heterocycles. The van der Waals surface area contributed by atoms with E-state index in [2.05, 4.69) is 36.6 Å². The smallest absolute Gasteiger partial charge is 0.387 e. The number of rotatable bonds is 2. The van der Waals surface area contributed by atoms with Gasteiger partial charge < -0.3 is 4.74 Å². The van der Waals surface area contributed by atoms with E-state index in [0.717, 1.165) is 12.1 Å². The van der Waals surface area contributed by atoms with Gasteiger partial charge in [-0.3, -0.25) is 0 Å². The molecule has 0 saturated heterocycles. The van der Waals surface area contributed by atoms with Crippen LogP contribution < -0.4 is 4.74 Å². The number of halogens is 5. The maximum absolute atomic E-state index is 12.8. The molecule has 13 heavy (non-hydrogen) atoms. The number of hydrogen-bond donors (Lipinski definition) is 0. The third-order valence-electron chi connectivity index (χ3n) is 1.22. The molecule has 1 aromatic carbocycles. The Balaban J connectivity index is 3.04. The first-order valence-corrected chi connectivity index (χ1v) is 4.69. The van der Waals surface area contributed by atoms with Crippen LogP contribution in [-0.4, -0.2) is 6.61 Å². The van der Waals surface area contributed by atoms with Crippen molar-refractivity contribution < 1.29 is 17.9 Å². The minimum atomic E-state index is -2.92. The lowest BCUT2D eigenvalue weighted by atomic mass is 10.3. The summed E-state index contributed by atoms with van der Waals surface area (Å²) in [7, 11) is 0. The van der Waals surface area contributed by atoms with Gasteiger partial charge in [-0.1, -0.05) is 0 Å². The fourth-order valence-electron chi connectivity index (χ4n) is 0.695. The normalized spacial score (nSPS) is 10.6. The van der Waals surface area contributed by atoms with Crippen LogP contribution in [0, 0.1) is 5.82 Å². The molecule has 0 amide bonds. The second-order valence-corrected chi connectivity index (χ2v) is 3.64. The lowest BCUT2D eigenvalue weighted by Gasteiger charge is -2.07. The van der Waals surface area contributed by atoms with E-state index in [0.29, 0.717) is 0 Å². The summed E-state index contributed by atoms with van der Waals surface area (Å²) in [6.45, 7) is -2.92. The van der Waals surface area contributed by atoms with Crippen molar-refractivity contribution in [3.05, 3.63) is 26.9 Å². The van der Waals surface area contributed by atoms with E-state index in [1.165, 1.54) is 0 Å². The van der Waals surface area contributed by atoms with E-state index < -0.39 is 12.4 Å². The standard InChI is InChI=1S/C7H3Br2F3O/c8-5-3(10)1-2-4(6(5)9)13-7(11)12/h1-2,7H. The molecule has 0 aliphatic carbocycles. The Kier molecular flexibility index (Phi) is 3.61. The fraction of sp³-hybridized carbons (Fsp3) is 0.143. The summed E-state index contributed by atoms with van der Waals surface area (Å²) in [5.41, 5.74) is 0. The van der Waals surface area contributed by atoms with Crippen LogP contribution in [0.15, 0.2) is 21.1 Å². The highest BCUT2D eigenvalue weighted by Crippen LogP contribution is 2.35. The largest absolute Gasteiger partial charge is 0.434 e. The maximum atomic E-state index is 12.8. The van der Waals surface area contributed by atoms with Gasteiger partial charge >= 0.3 is 6.61 Å². The summed E-state index contributed by atoms with van der Waals surface area (Å²) in [4.78, 5) is 0. The van der Waals surface area contributed by atoms with Gasteiger partial charge in [0.1, 0.15) is 11.6 Å². The van der Waals surface area contributed by atoms with E-state index >= 15 is 0 Å². The van der Waals surface area contributed by atoms with E-state index in [-0.39, 0.29) is 14.7 Å². The predicted molar refractivity (Wildman–Crippen MR) is 48.4 cm³/mol. The van der Waals surface area contributed by atoms with Gasteiger partial charge in [0.15, 0.2) is 0 Å². The molecule has 0 fully saturated rings. The average molecular weight is 320 g/mol. The van der Waals surface area contributed by atoms with Crippen LogP contribution in [-0.2, 0) is 0 Å². The third-order valence-corrected chi connectivity index (χ3v) is 3.31. The summed E-state index contributed by atoms with van der Waals surface area (Å²) in [5, 5.41) is 0. The number of ether oxygens (including phenoxy) is 1. The molecule has 0 N–H and O–H groups in total. The zero-order valence-electron chi connectivity index (χ0n) is 6.03. The topological polar surface area (TPSA) is 9.23 Å². The second kappa shape index (κ2) is 4.32. The van der Waals surface area contributed by atoms with Gasteiger partial charge in [-0.05, 0) is 44.0 Å². The van der Waals surface area contributed by atoms with Gasteiger partial charge in [-0.15, -0.1) is 0 Å². The molecule has 0 radical (unpaired) electrons. The second-order valence-electron chi connectivity index (χ2n) is 2.05. The molecule has 1 rings (SSSR count). The van der Waals surface area contributed by atoms with Crippen molar-refractivity contribution in [2.45, 2.75) is 6.61 Å². The highest BCUT2D eigenvalue weighted by molar-refractivity contribution is 9.13. The van der Waals surface area contributed by atoms with Crippen LogP contribution in [0.4, 0.5) is 13.2 Å². The van der Waals surface area contributed by atoms with Gasteiger partial charge in [0.05, 0.1) is 8.95 Å². The van der Waals surface area contributed by atoms with Crippen molar-refractivity contribution >= 4 is 31.9 Å². The van der Waals surface area contributed by atoms with Crippen LogP contribution in [0.5, 0.6) is 5.75 Å². The molecular weight excluding hydrogens is 317 g/mol. The quantitative estimate of drug-likeness (QED) is 0.750. The Hall–Kier alpha value is -0.230. The molecule has 0 unspecified atom stereocenters. The number of benzene rings is 1.